The summed E-state index contributed by atoms with van der Waals surface area (Å²) >= 11 is 0. The molecule has 2 aromatic heterocycles. The van der Waals surface area contributed by atoms with E-state index in [4.69, 9.17) is 14.5 Å². The maximum Gasteiger partial charge on any atom is 0.336 e. The van der Waals surface area contributed by atoms with Crippen LogP contribution in [-0.4, -0.2) is 39.7 Å². The normalized spacial score (nSPS) is 11.0. The molecule has 0 saturated carbocycles. The molecule has 0 spiro atoms. The van der Waals surface area contributed by atoms with Crippen LogP contribution < -0.4 is 14.8 Å². The number of nitrogens with zero attached hydrogens (tertiary/aromatic N) is 3. The van der Waals surface area contributed by atoms with Crippen LogP contribution in [-0.2, 0) is 6.54 Å². The smallest absolute Gasteiger partial charge is 0.336 e. The van der Waals surface area contributed by atoms with E-state index in [1.54, 1.807) is 45.8 Å². The minimum atomic E-state index is -0.966. The SMILES string of the molecule is COc1cc(CNc2nc3cc(C)c(C(=O)O)cc3n3cncc23)cc(OC)c1. The zero-order valence-electron chi connectivity index (χ0n) is 16.3. The molecule has 2 N–H and O–H groups in total. The summed E-state index contributed by atoms with van der Waals surface area (Å²) in [5.41, 5.74) is 4.00. The van der Waals surface area contributed by atoms with Crippen molar-refractivity contribution in [2.24, 2.45) is 0 Å². The van der Waals surface area contributed by atoms with Crippen LogP contribution in [0.2, 0.25) is 0 Å². The van der Waals surface area contributed by atoms with E-state index in [9.17, 15) is 9.90 Å². The molecule has 4 rings (SSSR count). The lowest BCUT2D eigenvalue weighted by atomic mass is 10.1. The van der Waals surface area contributed by atoms with Crippen molar-refractivity contribution >= 4 is 28.3 Å². The molecule has 0 aliphatic rings. The predicted octanol–water partition coefficient (Wildman–Crippen LogP) is 3.52. The Morgan fingerprint density at radius 3 is 2.48 bits per heavy atom. The zero-order valence-corrected chi connectivity index (χ0v) is 16.3. The molecular weight excluding hydrogens is 372 g/mol. The summed E-state index contributed by atoms with van der Waals surface area (Å²) in [6.45, 7) is 2.26. The van der Waals surface area contributed by atoms with Crippen LogP contribution in [0, 0.1) is 6.92 Å². The summed E-state index contributed by atoms with van der Waals surface area (Å²) < 4.78 is 12.5. The van der Waals surface area contributed by atoms with Crippen molar-refractivity contribution in [3.05, 3.63) is 59.5 Å². The van der Waals surface area contributed by atoms with Gasteiger partial charge in [0.25, 0.3) is 0 Å². The number of hydrogen-bond acceptors (Lipinski definition) is 6. The van der Waals surface area contributed by atoms with Gasteiger partial charge in [0.05, 0.1) is 43.3 Å². The van der Waals surface area contributed by atoms with E-state index < -0.39 is 5.97 Å². The second-order valence-corrected chi connectivity index (χ2v) is 6.64. The van der Waals surface area contributed by atoms with E-state index in [0.717, 1.165) is 11.1 Å². The minimum Gasteiger partial charge on any atom is -0.497 e. The Labute approximate surface area is 166 Å². The number of methoxy groups -OCH3 is 2. The maximum absolute atomic E-state index is 11.5. The van der Waals surface area contributed by atoms with Gasteiger partial charge in [0.1, 0.15) is 17.0 Å². The summed E-state index contributed by atoms with van der Waals surface area (Å²) in [5, 5.41) is 12.8. The molecule has 29 heavy (non-hydrogen) atoms. The average molecular weight is 392 g/mol. The van der Waals surface area contributed by atoms with E-state index in [1.165, 1.54) is 0 Å². The number of imidazole rings is 1. The van der Waals surface area contributed by atoms with Crippen LogP contribution >= 0.6 is 0 Å². The van der Waals surface area contributed by atoms with Crippen molar-refractivity contribution in [2.75, 3.05) is 19.5 Å². The fraction of sp³-hybridized carbons (Fsp3) is 0.190. The maximum atomic E-state index is 11.5. The number of ether oxygens (including phenoxy) is 2. The first-order valence-corrected chi connectivity index (χ1v) is 8.95. The van der Waals surface area contributed by atoms with Gasteiger partial charge in [-0.2, -0.15) is 0 Å². The van der Waals surface area contributed by atoms with Crippen molar-refractivity contribution in [2.45, 2.75) is 13.5 Å². The van der Waals surface area contributed by atoms with Gasteiger partial charge in [-0.15, -0.1) is 0 Å². The van der Waals surface area contributed by atoms with Crippen LogP contribution in [0.25, 0.3) is 16.6 Å². The number of aromatic nitrogens is 3. The van der Waals surface area contributed by atoms with Gasteiger partial charge < -0.3 is 19.9 Å². The third kappa shape index (κ3) is 3.40. The molecule has 0 atom stereocenters. The number of carboxylic acids is 1. The molecule has 2 aromatic carbocycles. The van der Waals surface area contributed by atoms with Crippen LogP contribution in [0.3, 0.4) is 0 Å². The summed E-state index contributed by atoms with van der Waals surface area (Å²) in [6.07, 6.45) is 3.35. The molecule has 0 aliphatic heterocycles. The lowest BCUT2D eigenvalue weighted by Crippen LogP contribution is -2.06. The number of carbonyl (C=O) groups is 1. The van der Waals surface area contributed by atoms with Gasteiger partial charge in [-0.1, -0.05) is 0 Å². The van der Waals surface area contributed by atoms with Crippen LogP contribution in [0.4, 0.5) is 5.82 Å². The van der Waals surface area contributed by atoms with E-state index in [1.807, 2.05) is 22.6 Å². The third-order valence-electron chi connectivity index (χ3n) is 4.80. The number of benzene rings is 2. The first-order chi connectivity index (χ1) is 14.0. The highest BCUT2D eigenvalue weighted by Gasteiger charge is 2.14. The minimum absolute atomic E-state index is 0.249. The molecule has 0 saturated heterocycles. The van der Waals surface area contributed by atoms with Crippen molar-refractivity contribution in [1.29, 1.82) is 0 Å². The standard InChI is InChI=1S/C21H20N4O4/c1-12-4-17-18(8-16(12)21(26)27)25-11-22-10-19(25)20(24-17)23-9-13-5-14(28-2)7-15(6-13)29-3/h4-8,10-11H,9H2,1-3H3,(H,23,24)(H,26,27). The molecule has 8 heteroatoms. The average Bonchev–Trinajstić information content (AvgIpc) is 3.21. The number of hydrogen-bond donors (Lipinski definition) is 2. The Kier molecular flexibility index (Phi) is 4.67. The summed E-state index contributed by atoms with van der Waals surface area (Å²) in [4.78, 5) is 20.4. The summed E-state index contributed by atoms with van der Waals surface area (Å²) in [5.74, 6) is 1.10. The monoisotopic (exact) mass is 392 g/mol. The van der Waals surface area contributed by atoms with Gasteiger partial charge >= 0.3 is 5.97 Å². The Bertz CT molecular complexity index is 1210. The number of rotatable bonds is 6. The topological polar surface area (TPSA) is 98.0 Å². The third-order valence-corrected chi connectivity index (χ3v) is 4.80. The summed E-state index contributed by atoms with van der Waals surface area (Å²) in [6, 6.07) is 9.07. The molecule has 0 unspecified atom stereocenters. The van der Waals surface area contributed by atoms with E-state index in [2.05, 4.69) is 10.3 Å². The van der Waals surface area contributed by atoms with Crippen LogP contribution in [0.5, 0.6) is 11.5 Å². The Morgan fingerprint density at radius 2 is 1.83 bits per heavy atom. The summed E-state index contributed by atoms with van der Waals surface area (Å²) in [7, 11) is 3.22. The van der Waals surface area contributed by atoms with Gasteiger partial charge in [-0.05, 0) is 42.3 Å². The number of anilines is 1. The molecular formula is C21H20N4O4. The van der Waals surface area contributed by atoms with E-state index >= 15 is 0 Å². The quantitative estimate of drug-likeness (QED) is 0.518. The highest BCUT2D eigenvalue weighted by Crippen LogP contribution is 2.26. The van der Waals surface area contributed by atoms with Gasteiger partial charge in [0.15, 0.2) is 5.82 Å². The van der Waals surface area contributed by atoms with Gasteiger partial charge in [0, 0.05) is 12.6 Å². The number of nitrogens with one attached hydrogen (secondary N) is 1. The van der Waals surface area contributed by atoms with Gasteiger partial charge in [-0.25, -0.2) is 14.8 Å². The first-order valence-electron chi connectivity index (χ1n) is 8.95. The predicted molar refractivity (Wildman–Crippen MR) is 109 cm³/mol. The molecule has 0 fully saturated rings. The van der Waals surface area contributed by atoms with Crippen LogP contribution in [0.1, 0.15) is 21.5 Å². The van der Waals surface area contributed by atoms with Crippen LogP contribution in [0.15, 0.2) is 42.9 Å². The Hall–Kier alpha value is -3.81. The van der Waals surface area contributed by atoms with Gasteiger partial charge in [0.2, 0.25) is 0 Å². The zero-order chi connectivity index (χ0) is 20.5. The lowest BCUT2D eigenvalue weighted by molar-refractivity contribution is 0.0696. The number of carboxylic acid groups (broad SMARTS) is 1. The number of fused-ring (bicyclic) bond motifs is 3. The number of aromatic carboxylic acids is 1. The van der Waals surface area contributed by atoms with E-state index in [0.29, 0.717) is 40.5 Å². The molecule has 8 nitrogen and oxygen atoms in total. The molecule has 2 heterocycles. The van der Waals surface area contributed by atoms with Gasteiger partial charge in [-0.3, -0.25) is 4.40 Å². The van der Waals surface area contributed by atoms with Crippen molar-refractivity contribution in [3.8, 4) is 11.5 Å². The van der Waals surface area contributed by atoms with Crippen molar-refractivity contribution < 1.29 is 19.4 Å². The highest BCUT2D eigenvalue weighted by molar-refractivity contribution is 5.95. The number of aryl methyl sites for hydroxylation is 1. The van der Waals surface area contributed by atoms with Crippen molar-refractivity contribution in [3.63, 3.8) is 0 Å². The first kappa shape index (κ1) is 18.5. The molecule has 0 bridgehead atoms. The van der Waals surface area contributed by atoms with Crippen molar-refractivity contribution in [1.82, 2.24) is 14.4 Å². The molecule has 0 amide bonds. The second-order valence-electron chi connectivity index (χ2n) is 6.64. The second kappa shape index (κ2) is 7.31. The molecule has 148 valence electrons. The Morgan fingerprint density at radius 1 is 1.10 bits per heavy atom. The van der Waals surface area contributed by atoms with E-state index in [-0.39, 0.29) is 5.56 Å². The largest absolute Gasteiger partial charge is 0.497 e. The Balaban J connectivity index is 1.75. The molecule has 4 aromatic rings. The fourth-order valence-electron chi connectivity index (χ4n) is 3.32. The fourth-order valence-corrected chi connectivity index (χ4v) is 3.32. The lowest BCUT2D eigenvalue weighted by Gasteiger charge is -2.13. The molecule has 0 aliphatic carbocycles. The highest BCUT2D eigenvalue weighted by atomic mass is 16.5. The molecule has 0 radical (unpaired) electrons.